The maximum absolute atomic E-state index is 13.0. The van der Waals surface area contributed by atoms with E-state index in [9.17, 15) is 14.4 Å². The first kappa shape index (κ1) is 24.4. The molecule has 1 N–H and O–H groups in total. The number of thiazole rings is 1. The Morgan fingerprint density at radius 2 is 1.66 bits per heavy atom. The number of carbonyl (C=O) groups excluding carboxylic acids is 3. The lowest BCUT2D eigenvalue weighted by atomic mass is 10.1. The van der Waals surface area contributed by atoms with Crippen LogP contribution in [0.3, 0.4) is 0 Å². The topological polar surface area (TPSA) is 85.9 Å². The normalized spacial score (nSPS) is 13.5. The standard InChI is InChI=1S/C26H29N5O3S/c1-18(32)30-11-13-31(14-12-30)25(34)21-6-4-5-19(15-21)16-23-17-27-26(35-23)28-24(33)20-7-9-22(10-8-20)29(2)3/h4-10,15,17H,11-14,16H2,1-3H3,(H,27,28,33). The molecule has 182 valence electrons. The third-order valence-corrected chi connectivity index (χ3v) is 6.90. The summed E-state index contributed by atoms with van der Waals surface area (Å²) in [6.07, 6.45) is 2.37. The van der Waals surface area contributed by atoms with Gasteiger partial charge in [0.15, 0.2) is 5.13 Å². The summed E-state index contributed by atoms with van der Waals surface area (Å²) in [5.41, 5.74) is 3.23. The van der Waals surface area contributed by atoms with E-state index >= 15 is 0 Å². The highest BCUT2D eigenvalue weighted by Crippen LogP contribution is 2.23. The number of hydrogen-bond donors (Lipinski definition) is 1. The van der Waals surface area contributed by atoms with Crippen molar-refractivity contribution in [1.29, 1.82) is 0 Å². The summed E-state index contributed by atoms with van der Waals surface area (Å²) in [6.45, 7) is 3.77. The molecule has 0 spiro atoms. The maximum atomic E-state index is 13.0. The van der Waals surface area contributed by atoms with E-state index in [1.54, 1.807) is 35.1 Å². The molecule has 3 aromatic rings. The highest BCUT2D eigenvalue weighted by Gasteiger charge is 2.23. The Kier molecular flexibility index (Phi) is 7.45. The summed E-state index contributed by atoms with van der Waals surface area (Å²) in [6, 6.07) is 15.0. The molecular formula is C26H29N5O3S. The molecule has 2 aromatic carbocycles. The lowest BCUT2D eigenvalue weighted by Gasteiger charge is -2.34. The van der Waals surface area contributed by atoms with Crippen molar-refractivity contribution in [2.24, 2.45) is 0 Å². The smallest absolute Gasteiger partial charge is 0.257 e. The Morgan fingerprint density at radius 1 is 0.971 bits per heavy atom. The van der Waals surface area contributed by atoms with Gasteiger partial charge < -0.3 is 14.7 Å². The van der Waals surface area contributed by atoms with Gasteiger partial charge in [-0.05, 0) is 42.0 Å². The predicted molar refractivity (Wildman–Crippen MR) is 138 cm³/mol. The molecular weight excluding hydrogens is 462 g/mol. The number of benzene rings is 2. The molecule has 0 saturated carbocycles. The monoisotopic (exact) mass is 491 g/mol. The van der Waals surface area contributed by atoms with Gasteiger partial charge in [-0.1, -0.05) is 12.1 Å². The van der Waals surface area contributed by atoms with Gasteiger partial charge >= 0.3 is 0 Å². The molecule has 3 amide bonds. The quantitative estimate of drug-likeness (QED) is 0.572. The lowest BCUT2D eigenvalue weighted by Crippen LogP contribution is -2.50. The average molecular weight is 492 g/mol. The summed E-state index contributed by atoms with van der Waals surface area (Å²) < 4.78 is 0. The van der Waals surface area contributed by atoms with Gasteiger partial charge in [0, 0.05) is 81.5 Å². The molecule has 0 unspecified atom stereocenters. The molecule has 4 rings (SSSR count). The van der Waals surface area contributed by atoms with Gasteiger partial charge in [0.25, 0.3) is 11.8 Å². The van der Waals surface area contributed by atoms with Crippen molar-refractivity contribution >= 4 is 39.9 Å². The molecule has 1 fully saturated rings. The number of carbonyl (C=O) groups is 3. The summed E-state index contributed by atoms with van der Waals surface area (Å²) in [5, 5.41) is 3.40. The van der Waals surface area contributed by atoms with Crippen LogP contribution in [0, 0.1) is 0 Å². The summed E-state index contributed by atoms with van der Waals surface area (Å²) in [4.78, 5) is 47.9. The fraction of sp³-hybridized carbons (Fsp3) is 0.308. The van der Waals surface area contributed by atoms with Crippen molar-refractivity contribution in [3.63, 3.8) is 0 Å². The van der Waals surface area contributed by atoms with E-state index in [0.29, 0.717) is 48.9 Å². The Labute approximate surface area is 209 Å². The number of rotatable bonds is 6. The third kappa shape index (κ3) is 6.05. The number of amides is 3. The van der Waals surface area contributed by atoms with Crippen LogP contribution in [0.4, 0.5) is 10.8 Å². The van der Waals surface area contributed by atoms with Crippen LogP contribution in [0.1, 0.15) is 38.1 Å². The zero-order valence-electron chi connectivity index (χ0n) is 20.2. The van der Waals surface area contributed by atoms with Crippen molar-refractivity contribution < 1.29 is 14.4 Å². The molecule has 1 saturated heterocycles. The zero-order chi connectivity index (χ0) is 24.9. The van der Waals surface area contributed by atoms with Crippen molar-refractivity contribution in [3.05, 3.63) is 76.3 Å². The van der Waals surface area contributed by atoms with Gasteiger partial charge in [-0.2, -0.15) is 0 Å². The SMILES string of the molecule is CC(=O)N1CCN(C(=O)c2cccc(Cc3cnc(NC(=O)c4ccc(N(C)C)cc4)s3)c2)CC1. The van der Waals surface area contributed by atoms with E-state index in [2.05, 4.69) is 10.3 Å². The van der Waals surface area contributed by atoms with E-state index in [0.717, 1.165) is 16.1 Å². The fourth-order valence-corrected chi connectivity index (χ4v) is 4.79. The van der Waals surface area contributed by atoms with Gasteiger partial charge in [-0.25, -0.2) is 4.98 Å². The van der Waals surface area contributed by atoms with E-state index in [1.807, 2.05) is 55.4 Å². The predicted octanol–water partition coefficient (Wildman–Crippen LogP) is 3.36. The van der Waals surface area contributed by atoms with Crippen LogP contribution in [0.15, 0.2) is 54.7 Å². The molecule has 8 nitrogen and oxygen atoms in total. The largest absolute Gasteiger partial charge is 0.378 e. The van der Waals surface area contributed by atoms with Gasteiger partial charge in [0.1, 0.15) is 0 Å². The van der Waals surface area contributed by atoms with Crippen LogP contribution < -0.4 is 10.2 Å². The maximum Gasteiger partial charge on any atom is 0.257 e. The number of anilines is 2. The average Bonchev–Trinajstić information content (AvgIpc) is 3.30. The Morgan fingerprint density at radius 3 is 2.31 bits per heavy atom. The van der Waals surface area contributed by atoms with Crippen LogP contribution in [-0.2, 0) is 11.2 Å². The van der Waals surface area contributed by atoms with E-state index in [4.69, 9.17) is 0 Å². The van der Waals surface area contributed by atoms with Crippen molar-refractivity contribution in [2.75, 3.05) is 50.5 Å². The molecule has 0 aliphatic carbocycles. The van der Waals surface area contributed by atoms with E-state index in [-0.39, 0.29) is 17.7 Å². The molecule has 2 heterocycles. The highest BCUT2D eigenvalue weighted by atomic mass is 32.1. The Bertz CT molecular complexity index is 1210. The van der Waals surface area contributed by atoms with Crippen molar-refractivity contribution in [2.45, 2.75) is 13.3 Å². The molecule has 0 radical (unpaired) electrons. The van der Waals surface area contributed by atoms with Crippen LogP contribution in [0.5, 0.6) is 0 Å². The number of aromatic nitrogens is 1. The van der Waals surface area contributed by atoms with Crippen molar-refractivity contribution in [3.8, 4) is 0 Å². The second-order valence-corrected chi connectivity index (χ2v) is 9.82. The third-order valence-electron chi connectivity index (χ3n) is 5.98. The summed E-state index contributed by atoms with van der Waals surface area (Å²) in [7, 11) is 3.91. The van der Waals surface area contributed by atoms with E-state index in [1.165, 1.54) is 11.3 Å². The minimum absolute atomic E-state index is 0.0207. The molecule has 0 bridgehead atoms. The van der Waals surface area contributed by atoms with Crippen LogP contribution >= 0.6 is 11.3 Å². The Balaban J connectivity index is 1.36. The fourth-order valence-electron chi connectivity index (χ4n) is 3.95. The zero-order valence-corrected chi connectivity index (χ0v) is 21.0. The van der Waals surface area contributed by atoms with Crippen molar-refractivity contribution in [1.82, 2.24) is 14.8 Å². The van der Waals surface area contributed by atoms with Crippen LogP contribution in [-0.4, -0.2) is 72.8 Å². The minimum atomic E-state index is -0.200. The van der Waals surface area contributed by atoms with E-state index < -0.39 is 0 Å². The first-order chi connectivity index (χ1) is 16.8. The summed E-state index contributed by atoms with van der Waals surface area (Å²) in [5.74, 6) is -0.178. The minimum Gasteiger partial charge on any atom is -0.378 e. The number of nitrogens with one attached hydrogen (secondary N) is 1. The van der Waals surface area contributed by atoms with Gasteiger partial charge in [0.2, 0.25) is 5.91 Å². The van der Waals surface area contributed by atoms with Gasteiger partial charge in [-0.15, -0.1) is 11.3 Å². The highest BCUT2D eigenvalue weighted by molar-refractivity contribution is 7.15. The Hall–Kier alpha value is -3.72. The molecule has 1 aliphatic heterocycles. The van der Waals surface area contributed by atoms with Gasteiger partial charge in [0.05, 0.1) is 0 Å². The number of piperazine rings is 1. The molecule has 35 heavy (non-hydrogen) atoms. The molecule has 1 aromatic heterocycles. The van der Waals surface area contributed by atoms with Crippen LogP contribution in [0.25, 0.3) is 0 Å². The molecule has 9 heteroatoms. The first-order valence-corrected chi connectivity index (χ1v) is 12.3. The van der Waals surface area contributed by atoms with Crippen LogP contribution in [0.2, 0.25) is 0 Å². The number of hydrogen-bond acceptors (Lipinski definition) is 6. The summed E-state index contributed by atoms with van der Waals surface area (Å²) >= 11 is 1.42. The molecule has 0 atom stereocenters. The van der Waals surface area contributed by atoms with Gasteiger partial charge in [-0.3, -0.25) is 19.7 Å². The first-order valence-electron chi connectivity index (χ1n) is 11.5. The second-order valence-electron chi connectivity index (χ2n) is 8.70. The second kappa shape index (κ2) is 10.7. The number of nitrogens with zero attached hydrogens (tertiary/aromatic N) is 4. The molecule has 1 aliphatic rings. The lowest BCUT2D eigenvalue weighted by molar-refractivity contribution is -0.130.